The molecule has 9 nitrogen and oxygen atoms in total. The fourth-order valence-electron chi connectivity index (χ4n) is 5.19. The average Bonchev–Trinajstić information content (AvgIpc) is 3.42. The number of amides is 1. The van der Waals surface area contributed by atoms with E-state index in [-0.39, 0.29) is 23.6 Å². The van der Waals surface area contributed by atoms with E-state index < -0.39 is 0 Å². The van der Waals surface area contributed by atoms with Crippen LogP contribution in [-0.4, -0.2) is 63.3 Å². The molecule has 0 saturated carbocycles. The van der Waals surface area contributed by atoms with Crippen LogP contribution in [-0.2, 0) is 22.5 Å². The fraction of sp³-hybridized carbons (Fsp3) is 0.500. The highest BCUT2D eigenvalue weighted by atomic mass is 19.1. The van der Waals surface area contributed by atoms with Gasteiger partial charge in [0.2, 0.25) is 11.9 Å². The van der Waals surface area contributed by atoms with Crippen molar-refractivity contribution in [3.05, 3.63) is 47.2 Å². The number of hydrogen-bond donors (Lipinski definition) is 1. The van der Waals surface area contributed by atoms with Gasteiger partial charge < -0.3 is 19.7 Å². The lowest BCUT2D eigenvalue weighted by atomic mass is 9.94. The van der Waals surface area contributed by atoms with Crippen molar-refractivity contribution >= 4 is 17.5 Å². The predicted molar refractivity (Wildman–Crippen MR) is 121 cm³/mol. The Morgan fingerprint density at radius 2 is 2.15 bits per heavy atom. The summed E-state index contributed by atoms with van der Waals surface area (Å²) in [6.45, 7) is 3.45. The second-order valence-corrected chi connectivity index (χ2v) is 9.20. The molecule has 1 N–H and O–H groups in total. The lowest BCUT2D eigenvalue weighted by Gasteiger charge is -2.31. The van der Waals surface area contributed by atoms with Gasteiger partial charge in [-0.1, -0.05) is 0 Å². The van der Waals surface area contributed by atoms with E-state index in [9.17, 15) is 9.18 Å². The van der Waals surface area contributed by atoms with Crippen LogP contribution in [0.2, 0.25) is 0 Å². The van der Waals surface area contributed by atoms with E-state index in [2.05, 4.69) is 20.5 Å². The first kappa shape index (κ1) is 21.3. The smallest absolute Gasteiger partial charge is 0.230 e. The number of halogens is 1. The van der Waals surface area contributed by atoms with E-state index in [1.165, 1.54) is 6.07 Å². The maximum absolute atomic E-state index is 14.5. The number of benzene rings is 1. The number of anilines is 1. The lowest BCUT2D eigenvalue weighted by Crippen LogP contribution is -2.45. The molecule has 34 heavy (non-hydrogen) atoms. The first-order valence-corrected chi connectivity index (χ1v) is 11.9. The minimum Gasteiger partial charge on any atom is -0.493 e. The minimum atomic E-state index is -0.251. The summed E-state index contributed by atoms with van der Waals surface area (Å²) in [5.41, 5.74) is 3.30. The Balaban J connectivity index is 1.20. The Labute approximate surface area is 196 Å². The molecule has 0 spiro atoms. The van der Waals surface area contributed by atoms with Gasteiger partial charge in [-0.25, -0.2) is 9.37 Å². The van der Waals surface area contributed by atoms with Gasteiger partial charge in [0.05, 0.1) is 25.7 Å². The average molecular weight is 467 g/mol. The van der Waals surface area contributed by atoms with Gasteiger partial charge in [-0.3, -0.25) is 9.20 Å². The first-order chi connectivity index (χ1) is 16.7. The minimum absolute atomic E-state index is 0.0222. The summed E-state index contributed by atoms with van der Waals surface area (Å²) >= 11 is 0. The molecule has 2 fully saturated rings. The fourth-order valence-corrected chi connectivity index (χ4v) is 5.19. The molecule has 2 aromatic heterocycles. The Morgan fingerprint density at radius 1 is 1.24 bits per heavy atom. The zero-order valence-electron chi connectivity index (χ0n) is 18.9. The molecule has 1 aromatic carbocycles. The van der Waals surface area contributed by atoms with Crippen molar-refractivity contribution in [3.63, 3.8) is 0 Å². The zero-order chi connectivity index (χ0) is 23.1. The van der Waals surface area contributed by atoms with Crippen molar-refractivity contribution in [2.24, 2.45) is 5.92 Å². The monoisotopic (exact) mass is 466 g/mol. The second-order valence-electron chi connectivity index (χ2n) is 9.20. The Kier molecular flexibility index (Phi) is 5.52. The molecule has 6 rings (SSSR count). The van der Waals surface area contributed by atoms with Crippen LogP contribution in [0.1, 0.15) is 41.9 Å². The number of aromatic nitrogens is 4. The summed E-state index contributed by atoms with van der Waals surface area (Å²) in [4.78, 5) is 19.3. The van der Waals surface area contributed by atoms with Crippen molar-refractivity contribution in [2.75, 3.05) is 38.2 Å². The normalized spacial score (nSPS) is 20.5. The summed E-state index contributed by atoms with van der Waals surface area (Å²) in [7, 11) is 0. The zero-order valence-corrected chi connectivity index (χ0v) is 18.9. The molecule has 1 atom stereocenters. The van der Waals surface area contributed by atoms with Gasteiger partial charge in [0.15, 0.2) is 5.65 Å². The molecule has 3 aliphatic heterocycles. The highest BCUT2D eigenvalue weighted by molar-refractivity contribution is 5.79. The summed E-state index contributed by atoms with van der Waals surface area (Å²) < 4.78 is 27.1. The van der Waals surface area contributed by atoms with Crippen LogP contribution in [0.3, 0.4) is 0 Å². The number of carbonyl (C=O) groups excluding carboxylic acids is 1. The molecule has 2 saturated heterocycles. The lowest BCUT2D eigenvalue weighted by molar-refractivity contribution is -0.149. The van der Waals surface area contributed by atoms with Crippen LogP contribution >= 0.6 is 0 Å². The maximum Gasteiger partial charge on any atom is 0.230 e. The maximum atomic E-state index is 14.5. The highest BCUT2D eigenvalue weighted by Gasteiger charge is 2.32. The number of carbonyl (C=O) groups is 1. The molecule has 3 aliphatic rings. The number of hydrogen-bond acceptors (Lipinski definition) is 7. The number of rotatable bonds is 5. The second kappa shape index (κ2) is 8.83. The summed E-state index contributed by atoms with van der Waals surface area (Å²) in [5, 5.41) is 11.7. The van der Waals surface area contributed by atoms with Crippen LogP contribution < -0.4 is 10.1 Å². The molecular weight excluding hydrogens is 439 g/mol. The quantitative estimate of drug-likeness (QED) is 0.618. The number of fused-ring (bicyclic) bond motifs is 2. The van der Waals surface area contributed by atoms with E-state index in [0.29, 0.717) is 44.3 Å². The molecular formula is C24H27FN6O3. The van der Waals surface area contributed by atoms with Crippen LogP contribution in [0, 0.1) is 11.7 Å². The summed E-state index contributed by atoms with van der Waals surface area (Å²) in [6.07, 6.45) is 6.94. The van der Waals surface area contributed by atoms with Gasteiger partial charge in [0, 0.05) is 48.9 Å². The van der Waals surface area contributed by atoms with E-state index in [0.717, 1.165) is 54.9 Å². The Bertz CT molecular complexity index is 1230. The SMILES string of the molecule is O=C(C1COC1)N1CCC[C@@H](c2cnc(NCc3c(F)ccc4c3CCO4)n3cnnc23)CC1. The van der Waals surface area contributed by atoms with Crippen LogP contribution in [0.4, 0.5) is 10.3 Å². The molecule has 10 heteroatoms. The number of nitrogens with zero attached hydrogens (tertiary/aromatic N) is 5. The van der Waals surface area contributed by atoms with Crippen LogP contribution in [0.5, 0.6) is 5.75 Å². The van der Waals surface area contributed by atoms with Crippen molar-refractivity contribution in [2.45, 2.75) is 38.1 Å². The summed E-state index contributed by atoms with van der Waals surface area (Å²) in [5.74, 6) is 1.54. The number of ether oxygens (including phenoxy) is 2. The van der Waals surface area contributed by atoms with Gasteiger partial charge in [0.1, 0.15) is 17.9 Å². The number of nitrogens with one attached hydrogen (secondary N) is 1. The molecule has 0 aliphatic carbocycles. The van der Waals surface area contributed by atoms with E-state index in [4.69, 9.17) is 9.47 Å². The number of likely N-dealkylation sites (tertiary alicyclic amines) is 1. The van der Waals surface area contributed by atoms with Gasteiger partial charge in [0.25, 0.3) is 0 Å². The summed E-state index contributed by atoms with van der Waals surface area (Å²) in [6, 6.07) is 3.14. The predicted octanol–water partition coefficient (Wildman–Crippen LogP) is 2.55. The van der Waals surface area contributed by atoms with E-state index >= 15 is 0 Å². The van der Waals surface area contributed by atoms with Crippen molar-refractivity contribution in [1.29, 1.82) is 0 Å². The Hall–Kier alpha value is -3.27. The Morgan fingerprint density at radius 3 is 3.00 bits per heavy atom. The van der Waals surface area contributed by atoms with Crippen molar-refractivity contribution in [3.8, 4) is 5.75 Å². The topological polar surface area (TPSA) is 93.9 Å². The van der Waals surface area contributed by atoms with Gasteiger partial charge in [-0.15, -0.1) is 10.2 Å². The molecule has 5 heterocycles. The highest BCUT2D eigenvalue weighted by Crippen LogP contribution is 2.33. The third-order valence-electron chi connectivity index (χ3n) is 7.19. The van der Waals surface area contributed by atoms with Gasteiger partial charge >= 0.3 is 0 Å². The molecule has 1 amide bonds. The largest absolute Gasteiger partial charge is 0.493 e. The standard InChI is InChI=1S/C24H27FN6O3/c25-20-3-4-21-17(6-9-34-21)19(20)11-27-24-26-10-18(22-29-28-14-31(22)24)15-2-1-7-30(8-5-15)23(32)16-12-33-13-16/h3-4,10,14-16H,1-2,5-9,11-13H2,(H,26,27)/t15-/m1/s1. The molecule has 0 unspecified atom stereocenters. The van der Waals surface area contributed by atoms with Gasteiger partial charge in [-0.2, -0.15) is 0 Å². The van der Waals surface area contributed by atoms with Gasteiger partial charge in [-0.05, 0) is 37.3 Å². The molecule has 0 radical (unpaired) electrons. The molecule has 178 valence electrons. The van der Waals surface area contributed by atoms with E-state index in [1.807, 2.05) is 15.5 Å². The molecule has 0 bridgehead atoms. The van der Waals surface area contributed by atoms with Crippen LogP contribution in [0.15, 0.2) is 24.7 Å². The van der Waals surface area contributed by atoms with Crippen molar-refractivity contribution < 1.29 is 18.7 Å². The first-order valence-electron chi connectivity index (χ1n) is 11.9. The van der Waals surface area contributed by atoms with Crippen LogP contribution in [0.25, 0.3) is 5.65 Å². The molecule has 3 aromatic rings. The third-order valence-corrected chi connectivity index (χ3v) is 7.19. The third kappa shape index (κ3) is 3.75. The van der Waals surface area contributed by atoms with Crippen molar-refractivity contribution in [1.82, 2.24) is 24.5 Å². The van der Waals surface area contributed by atoms with E-state index in [1.54, 1.807) is 12.4 Å².